The van der Waals surface area contributed by atoms with Gasteiger partial charge in [-0.2, -0.15) is 0 Å². The highest BCUT2D eigenvalue weighted by Crippen LogP contribution is 2.15. The van der Waals surface area contributed by atoms with Crippen LogP contribution < -0.4 is 0 Å². The van der Waals surface area contributed by atoms with Crippen LogP contribution in [0.1, 0.15) is 18.1 Å². The molecule has 0 spiro atoms. The fourth-order valence-corrected chi connectivity index (χ4v) is 2.19. The molecule has 0 aliphatic carbocycles. The molecule has 0 aromatic heterocycles. The van der Waals surface area contributed by atoms with E-state index < -0.39 is 0 Å². The zero-order valence-corrected chi connectivity index (χ0v) is 11.5. The summed E-state index contributed by atoms with van der Waals surface area (Å²) in [6.07, 6.45) is 0. The number of carbonyl (C=O) groups is 1. The van der Waals surface area contributed by atoms with Gasteiger partial charge in [0.05, 0.1) is 0 Å². The first-order valence-corrected chi connectivity index (χ1v) is 6.29. The minimum Gasteiger partial charge on any atom is -0.461 e. The first-order valence-electron chi connectivity index (χ1n) is 4.09. The highest BCUT2D eigenvalue weighted by Gasteiger charge is 2.00. The molecular formula is C10H10BrIO2. The van der Waals surface area contributed by atoms with E-state index in [1.165, 1.54) is 12.5 Å². The lowest BCUT2D eigenvalue weighted by Gasteiger charge is -2.05. The maximum absolute atomic E-state index is 10.6. The maximum Gasteiger partial charge on any atom is 0.302 e. The molecule has 0 saturated heterocycles. The van der Waals surface area contributed by atoms with Crippen molar-refractivity contribution in [2.24, 2.45) is 0 Å². The second kappa shape index (κ2) is 5.70. The Morgan fingerprint density at radius 3 is 2.64 bits per heavy atom. The van der Waals surface area contributed by atoms with Crippen LogP contribution in [0.5, 0.6) is 0 Å². The molecule has 1 rings (SSSR count). The van der Waals surface area contributed by atoms with Gasteiger partial charge in [0.2, 0.25) is 0 Å². The van der Waals surface area contributed by atoms with Crippen molar-refractivity contribution in [2.75, 3.05) is 0 Å². The lowest BCUT2D eigenvalue weighted by atomic mass is 10.1. The van der Waals surface area contributed by atoms with Gasteiger partial charge in [0.1, 0.15) is 6.61 Å². The van der Waals surface area contributed by atoms with Crippen LogP contribution in [0.4, 0.5) is 0 Å². The Bertz CT molecular complexity index is 339. The van der Waals surface area contributed by atoms with Crippen molar-refractivity contribution in [3.8, 4) is 0 Å². The monoisotopic (exact) mass is 368 g/mol. The van der Waals surface area contributed by atoms with Crippen LogP contribution in [0, 0.1) is 3.57 Å². The van der Waals surface area contributed by atoms with Crippen LogP contribution in [0.25, 0.3) is 0 Å². The molecule has 1 aromatic rings. The van der Waals surface area contributed by atoms with Gasteiger partial charge in [-0.25, -0.2) is 0 Å². The minimum absolute atomic E-state index is 0.246. The molecule has 4 heteroatoms. The summed E-state index contributed by atoms with van der Waals surface area (Å²) in [7, 11) is 0. The number of hydrogen-bond acceptors (Lipinski definition) is 2. The average Bonchev–Trinajstić information content (AvgIpc) is 2.14. The van der Waals surface area contributed by atoms with Crippen molar-refractivity contribution >= 4 is 44.5 Å². The van der Waals surface area contributed by atoms with Crippen LogP contribution in [-0.2, 0) is 21.5 Å². The Balaban J connectivity index is 2.76. The topological polar surface area (TPSA) is 26.3 Å². The van der Waals surface area contributed by atoms with Gasteiger partial charge in [-0.15, -0.1) is 0 Å². The smallest absolute Gasteiger partial charge is 0.302 e. The summed E-state index contributed by atoms with van der Waals surface area (Å²) in [5.74, 6) is -0.246. The van der Waals surface area contributed by atoms with Gasteiger partial charge in [0.15, 0.2) is 0 Å². The summed E-state index contributed by atoms with van der Waals surface area (Å²) in [5.41, 5.74) is 2.22. The van der Waals surface area contributed by atoms with Gasteiger partial charge >= 0.3 is 5.97 Å². The Morgan fingerprint density at radius 2 is 2.07 bits per heavy atom. The van der Waals surface area contributed by atoms with Crippen LogP contribution in [0.15, 0.2) is 18.2 Å². The van der Waals surface area contributed by atoms with Crippen molar-refractivity contribution < 1.29 is 9.53 Å². The number of alkyl halides is 1. The highest BCUT2D eigenvalue weighted by molar-refractivity contribution is 14.1. The van der Waals surface area contributed by atoms with Gasteiger partial charge in [0.25, 0.3) is 0 Å². The van der Waals surface area contributed by atoms with E-state index in [0.29, 0.717) is 6.61 Å². The molecule has 0 aliphatic heterocycles. The molecule has 0 saturated carbocycles. The van der Waals surface area contributed by atoms with Crippen LogP contribution in [-0.4, -0.2) is 5.97 Å². The van der Waals surface area contributed by atoms with E-state index in [0.717, 1.165) is 14.5 Å². The lowest BCUT2D eigenvalue weighted by Crippen LogP contribution is -1.99. The summed E-state index contributed by atoms with van der Waals surface area (Å²) in [4.78, 5) is 10.6. The van der Waals surface area contributed by atoms with Crippen LogP contribution in [0.3, 0.4) is 0 Å². The summed E-state index contributed by atoms with van der Waals surface area (Å²) in [5, 5.41) is 0.816. The number of ether oxygens (including phenoxy) is 1. The zero-order chi connectivity index (χ0) is 10.6. The lowest BCUT2D eigenvalue weighted by molar-refractivity contribution is -0.142. The minimum atomic E-state index is -0.246. The first kappa shape index (κ1) is 12.0. The Hall–Kier alpha value is -0.100. The Labute approximate surface area is 105 Å². The molecule has 0 unspecified atom stereocenters. The van der Waals surface area contributed by atoms with Gasteiger partial charge < -0.3 is 4.74 Å². The predicted molar refractivity (Wildman–Crippen MR) is 67.3 cm³/mol. The summed E-state index contributed by atoms with van der Waals surface area (Å²) in [6.45, 7) is 1.77. The molecule has 0 aliphatic rings. The second-order valence-corrected chi connectivity index (χ2v) is 4.69. The van der Waals surface area contributed by atoms with Crippen molar-refractivity contribution in [1.82, 2.24) is 0 Å². The van der Waals surface area contributed by atoms with E-state index in [1.54, 1.807) is 0 Å². The van der Waals surface area contributed by atoms with Crippen molar-refractivity contribution in [3.05, 3.63) is 32.9 Å². The molecule has 14 heavy (non-hydrogen) atoms. The number of hydrogen-bond donors (Lipinski definition) is 0. The number of esters is 1. The molecule has 0 N–H and O–H groups in total. The van der Waals surface area contributed by atoms with Gasteiger partial charge in [0, 0.05) is 15.8 Å². The standard InChI is InChI=1S/C10H10BrIO2/c1-7(13)14-6-9-2-8(5-11)3-10(12)4-9/h2-4H,5-6H2,1H3. The molecule has 0 bridgehead atoms. The quantitative estimate of drug-likeness (QED) is 0.465. The number of halogens is 2. The van der Waals surface area contributed by atoms with E-state index in [-0.39, 0.29) is 5.97 Å². The van der Waals surface area contributed by atoms with Gasteiger partial charge in [-0.3, -0.25) is 4.79 Å². The molecule has 0 fully saturated rings. The zero-order valence-electron chi connectivity index (χ0n) is 7.72. The van der Waals surface area contributed by atoms with Crippen LogP contribution in [0.2, 0.25) is 0 Å². The third-order valence-corrected chi connectivity index (χ3v) is 2.88. The molecule has 0 amide bonds. The van der Waals surface area contributed by atoms with Crippen molar-refractivity contribution in [2.45, 2.75) is 18.9 Å². The number of carbonyl (C=O) groups excluding carboxylic acids is 1. The third-order valence-electron chi connectivity index (χ3n) is 1.61. The molecule has 0 atom stereocenters. The summed E-state index contributed by atoms with van der Waals surface area (Å²) in [6, 6.07) is 6.13. The van der Waals surface area contributed by atoms with E-state index >= 15 is 0 Å². The fraction of sp³-hybridized carbons (Fsp3) is 0.300. The second-order valence-electron chi connectivity index (χ2n) is 2.88. The maximum atomic E-state index is 10.6. The van der Waals surface area contributed by atoms with E-state index in [9.17, 15) is 4.79 Å². The SMILES string of the molecule is CC(=O)OCc1cc(I)cc(CBr)c1. The molecule has 76 valence electrons. The fourth-order valence-electron chi connectivity index (χ4n) is 1.06. The highest BCUT2D eigenvalue weighted by atomic mass is 127. The van der Waals surface area contributed by atoms with E-state index in [2.05, 4.69) is 44.6 Å². The largest absolute Gasteiger partial charge is 0.461 e. The normalized spacial score (nSPS) is 9.93. The van der Waals surface area contributed by atoms with Crippen molar-refractivity contribution in [3.63, 3.8) is 0 Å². The molecule has 0 radical (unpaired) electrons. The molecule has 0 heterocycles. The Kier molecular flexibility index (Phi) is 4.88. The molecule has 1 aromatic carbocycles. The third kappa shape index (κ3) is 3.96. The molecular weight excluding hydrogens is 359 g/mol. The number of benzene rings is 1. The van der Waals surface area contributed by atoms with E-state index in [1.807, 2.05) is 12.1 Å². The van der Waals surface area contributed by atoms with Gasteiger partial charge in [-0.05, 0) is 45.9 Å². The Morgan fingerprint density at radius 1 is 1.43 bits per heavy atom. The summed E-state index contributed by atoms with van der Waals surface area (Å²) >= 11 is 5.64. The first-order chi connectivity index (χ1) is 6.61. The van der Waals surface area contributed by atoms with E-state index in [4.69, 9.17) is 4.74 Å². The van der Waals surface area contributed by atoms with Crippen molar-refractivity contribution in [1.29, 1.82) is 0 Å². The number of rotatable bonds is 3. The predicted octanol–water partition coefficient (Wildman–Crippen LogP) is 3.25. The van der Waals surface area contributed by atoms with Crippen LogP contribution >= 0.6 is 38.5 Å². The van der Waals surface area contributed by atoms with Gasteiger partial charge in [-0.1, -0.05) is 22.0 Å². The average molecular weight is 369 g/mol. The summed E-state index contributed by atoms with van der Waals surface area (Å²) < 4.78 is 6.08. The molecule has 2 nitrogen and oxygen atoms in total.